The molecule has 2 nitrogen and oxygen atoms in total. The molecule has 68 valence electrons. The summed E-state index contributed by atoms with van der Waals surface area (Å²) in [4.78, 5) is 2.49. The van der Waals surface area contributed by atoms with Gasteiger partial charge in [-0.2, -0.15) is 0 Å². The molecule has 1 aliphatic heterocycles. The molecule has 2 N–H and O–H groups in total. The first kappa shape index (κ1) is 7.34. The van der Waals surface area contributed by atoms with Crippen LogP contribution in [0, 0.1) is 23.7 Å². The van der Waals surface area contributed by atoms with Gasteiger partial charge in [-0.15, -0.1) is 0 Å². The first-order valence-corrected chi connectivity index (χ1v) is 5.20. The highest BCUT2D eigenvalue weighted by atomic mass is 15.1. The lowest BCUT2D eigenvalue weighted by molar-refractivity contribution is 0.252. The zero-order valence-corrected chi connectivity index (χ0v) is 7.74. The first-order valence-electron chi connectivity index (χ1n) is 5.20. The van der Waals surface area contributed by atoms with Gasteiger partial charge in [0, 0.05) is 19.1 Å². The molecule has 1 heterocycles. The van der Waals surface area contributed by atoms with Gasteiger partial charge in [0.2, 0.25) is 0 Å². The van der Waals surface area contributed by atoms with E-state index < -0.39 is 0 Å². The summed E-state index contributed by atoms with van der Waals surface area (Å²) in [5.41, 5.74) is 6.10. The molecule has 1 saturated heterocycles. The summed E-state index contributed by atoms with van der Waals surface area (Å²) in [5, 5.41) is 0. The van der Waals surface area contributed by atoms with Gasteiger partial charge in [0.15, 0.2) is 0 Å². The van der Waals surface area contributed by atoms with Gasteiger partial charge in [-0.3, -0.25) is 0 Å². The second-order valence-corrected chi connectivity index (χ2v) is 5.11. The van der Waals surface area contributed by atoms with Crippen molar-refractivity contribution in [3.63, 3.8) is 0 Å². The fraction of sp³-hybridized carbons (Fsp3) is 1.00. The van der Waals surface area contributed by atoms with Gasteiger partial charge in [0.05, 0.1) is 0 Å². The maximum Gasteiger partial charge on any atom is 0.00732 e. The number of likely N-dealkylation sites (tertiary alicyclic amines) is 1. The van der Waals surface area contributed by atoms with Gasteiger partial charge in [0.25, 0.3) is 0 Å². The van der Waals surface area contributed by atoms with E-state index in [-0.39, 0.29) is 0 Å². The van der Waals surface area contributed by atoms with Crippen LogP contribution in [0.2, 0.25) is 0 Å². The van der Waals surface area contributed by atoms with Crippen molar-refractivity contribution in [2.75, 3.05) is 20.1 Å². The van der Waals surface area contributed by atoms with E-state index >= 15 is 0 Å². The minimum atomic E-state index is 0.544. The summed E-state index contributed by atoms with van der Waals surface area (Å²) in [5.74, 6) is 3.84. The summed E-state index contributed by atoms with van der Waals surface area (Å²) in [6.07, 6.45) is 2.77. The Kier molecular flexibility index (Phi) is 1.37. The third-order valence-electron chi connectivity index (χ3n) is 4.45. The Labute approximate surface area is 74.1 Å². The van der Waals surface area contributed by atoms with Gasteiger partial charge in [-0.1, -0.05) is 0 Å². The summed E-state index contributed by atoms with van der Waals surface area (Å²) >= 11 is 0. The number of hydrogen-bond donors (Lipinski definition) is 1. The average molecular weight is 166 g/mol. The quantitative estimate of drug-likeness (QED) is 0.569. The van der Waals surface area contributed by atoms with Crippen molar-refractivity contribution >= 4 is 0 Å². The molecule has 0 amide bonds. The van der Waals surface area contributed by atoms with Gasteiger partial charge in [-0.25, -0.2) is 0 Å². The molecule has 2 saturated carbocycles. The highest BCUT2D eigenvalue weighted by Gasteiger charge is 2.53. The molecule has 0 aromatic rings. The highest BCUT2D eigenvalue weighted by Crippen LogP contribution is 2.54. The molecule has 0 radical (unpaired) electrons. The van der Waals surface area contributed by atoms with Crippen molar-refractivity contribution in [3.8, 4) is 0 Å². The number of hydrogen-bond acceptors (Lipinski definition) is 2. The molecule has 5 atom stereocenters. The van der Waals surface area contributed by atoms with E-state index in [4.69, 9.17) is 5.73 Å². The van der Waals surface area contributed by atoms with E-state index in [1.54, 1.807) is 0 Å². The maximum atomic E-state index is 6.10. The topological polar surface area (TPSA) is 29.3 Å². The van der Waals surface area contributed by atoms with E-state index in [9.17, 15) is 0 Å². The molecule has 2 aliphatic carbocycles. The van der Waals surface area contributed by atoms with Crippen LogP contribution in [0.5, 0.6) is 0 Å². The zero-order chi connectivity index (χ0) is 8.29. The Morgan fingerprint density at radius 3 is 2.67 bits per heavy atom. The fourth-order valence-corrected chi connectivity index (χ4v) is 4.00. The summed E-state index contributed by atoms with van der Waals surface area (Å²) < 4.78 is 0. The van der Waals surface area contributed by atoms with Gasteiger partial charge in [0.1, 0.15) is 0 Å². The van der Waals surface area contributed by atoms with Crippen LogP contribution in [0.1, 0.15) is 12.8 Å². The molecule has 2 bridgehead atoms. The van der Waals surface area contributed by atoms with Crippen molar-refractivity contribution in [2.45, 2.75) is 18.9 Å². The highest BCUT2D eigenvalue weighted by molar-refractivity contribution is 5.06. The Hall–Kier alpha value is -0.0800. The second-order valence-electron chi connectivity index (χ2n) is 5.11. The van der Waals surface area contributed by atoms with Crippen LogP contribution < -0.4 is 5.73 Å². The summed E-state index contributed by atoms with van der Waals surface area (Å²) in [7, 11) is 2.25. The molecule has 0 aromatic heterocycles. The third kappa shape index (κ3) is 0.775. The largest absolute Gasteiger partial charge is 0.327 e. The maximum absolute atomic E-state index is 6.10. The summed E-state index contributed by atoms with van der Waals surface area (Å²) in [6.45, 7) is 2.66. The van der Waals surface area contributed by atoms with E-state index in [2.05, 4.69) is 11.9 Å². The van der Waals surface area contributed by atoms with E-state index in [0.717, 1.165) is 23.7 Å². The van der Waals surface area contributed by atoms with E-state index in [0.29, 0.717) is 6.04 Å². The molecule has 3 fully saturated rings. The zero-order valence-electron chi connectivity index (χ0n) is 7.74. The van der Waals surface area contributed by atoms with Crippen LogP contribution in [-0.2, 0) is 0 Å². The van der Waals surface area contributed by atoms with E-state index in [1.807, 2.05) is 0 Å². The van der Waals surface area contributed by atoms with Crippen LogP contribution in [0.15, 0.2) is 0 Å². The Bertz CT molecular complexity index is 200. The van der Waals surface area contributed by atoms with Gasteiger partial charge < -0.3 is 10.6 Å². The normalized spacial score (nSPS) is 58.0. The van der Waals surface area contributed by atoms with Crippen molar-refractivity contribution in [3.05, 3.63) is 0 Å². The smallest absolute Gasteiger partial charge is 0.00732 e. The Morgan fingerprint density at radius 2 is 1.83 bits per heavy atom. The number of rotatable bonds is 0. The molecule has 5 unspecified atom stereocenters. The Morgan fingerprint density at radius 1 is 1.08 bits per heavy atom. The molecule has 3 aliphatic rings. The molecule has 3 rings (SSSR count). The molecular weight excluding hydrogens is 148 g/mol. The standard InChI is InChI=1S/C10H18N2/c1-12-4-8-6-2-7(9(8)5-12)10(11)3-6/h6-10H,2-5,11H2,1H3. The van der Waals surface area contributed by atoms with Crippen molar-refractivity contribution in [2.24, 2.45) is 29.4 Å². The number of fused-ring (bicyclic) bond motifs is 5. The van der Waals surface area contributed by atoms with Crippen LogP contribution in [0.25, 0.3) is 0 Å². The monoisotopic (exact) mass is 166 g/mol. The fourth-order valence-electron chi connectivity index (χ4n) is 4.00. The SMILES string of the molecule is CN1CC2C3CC(N)C(C3)C2C1. The van der Waals surface area contributed by atoms with Crippen LogP contribution >= 0.6 is 0 Å². The van der Waals surface area contributed by atoms with Crippen molar-refractivity contribution in [1.29, 1.82) is 0 Å². The third-order valence-corrected chi connectivity index (χ3v) is 4.45. The van der Waals surface area contributed by atoms with E-state index in [1.165, 1.54) is 25.9 Å². The van der Waals surface area contributed by atoms with Gasteiger partial charge in [-0.05, 0) is 43.6 Å². The molecule has 0 spiro atoms. The van der Waals surface area contributed by atoms with Crippen molar-refractivity contribution in [1.82, 2.24) is 4.90 Å². The lowest BCUT2D eigenvalue weighted by Gasteiger charge is -2.27. The predicted octanol–water partition coefficient (Wildman–Crippen LogP) is 0.531. The van der Waals surface area contributed by atoms with Crippen LogP contribution in [0.3, 0.4) is 0 Å². The lowest BCUT2D eigenvalue weighted by Crippen LogP contribution is -2.36. The van der Waals surface area contributed by atoms with Crippen LogP contribution in [0.4, 0.5) is 0 Å². The minimum Gasteiger partial charge on any atom is -0.327 e. The van der Waals surface area contributed by atoms with Gasteiger partial charge >= 0.3 is 0 Å². The minimum absolute atomic E-state index is 0.544. The van der Waals surface area contributed by atoms with Crippen LogP contribution in [-0.4, -0.2) is 31.1 Å². The molecule has 0 aromatic carbocycles. The number of nitrogens with two attached hydrogens (primary N) is 1. The first-order chi connectivity index (χ1) is 5.75. The molecular formula is C10H18N2. The molecule has 2 heteroatoms. The molecule has 12 heavy (non-hydrogen) atoms. The predicted molar refractivity (Wildman–Crippen MR) is 48.7 cm³/mol. The summed E-state index contributed by atoms with van der Waals surface area (Å²) in [6, 6.07) is 0.544. The Balaban J connectivity index is 1.86. The average Bonchev–Trinajstić information content (AvgIpc) is 2.57. The lowest BCUT2D eigenvalue weighted by atomic mass is 9.79. The number of nitrogens with zero attached hydrogens (tertiary/aromatic N) is 1. The van der Waals surface area contributed by atoms with Crippen molar-refractivity contribution < 1.29 is 0 Å². The second kappa shape index (κ2) is 2.24.